The zero-order valence-corrected chi connectivity index (χ0v) is 13.7. The van der Waals surface area contributed by atoms with Crippen LogP contribution in [0.5, 0.6) is 11.5 Å². The highest BCUT2D eigenvalue weighted by atomic mass is 16.5. The van der Waals surface area contributed by atoms with E-state index < -0.39 is 0 Å². The Bertz CT molecular complexity index is 774. The van der Waals surface area contributed by atoms with E-state index in [4.69, 9.17) is 9.72 Å². The van der Waals surface area contributed by atoms with Gasteiger partial charge in [-0.1, -0.05) is 6.92 Å². The summed E-state index contributed by atoms with van der Waals surface area (Å²) in [6, 6.07) is 9.07. The van der Waals surface area contributed by atoms with Gasteiger partial charge in [0.05, 0.1) is 30.1 Å². The number of benzene rings is 1. The van der Waals surface area contributed by atoms with Crippen molar-refractivity contribution in [1.29, 1.82) is 0 Å². The average molecular weight is 323 g/mol. The Kier molecular flexibility index (Phi) is 3.73. The van der Waals surface area contributed by atoms with Gasteiger partial charge < -0.3 is 15.2 Å². The first-order valence-electron chi connectivity index (χ1n) is 8.36. The lowest BCUT2D eigenvalue weighted by molar-refractivity contribution is 0.0783. The van der Waals surface area contributed by atoms with Crippen LogP contribution in [0.1, 0.15) is 24.6 Å². The number of aromatic nitrogens is 1. The van der Waals surface area contributed by atoms with Crippen molar-refractivity contribution in [1.82, 2.24) is 10.3 Å². The number of nitrogens with zero attached hydrogens (tertiary/aromatic N) is 2. The highest BCUT2D eigenvalue weighted by Gasteiger charge is 2.36. The first kappa shape index (κ1) is 15.1. The predicted octanol–water partition coefficient (Wildman–Crippen LogP) is 2.77. The van der Waals surface area contributed by atoms with Gasteiger partial charge in [-0.15, -0.1) is 0 Å². The van der Waals surface area contributed by atoms with Gasteiger partial charge in [-0.3, -0.25) is 4.99 Å². The quantitative estimate of drug-likeness (QED) is 0.888. The van der Waals surface area contributed by atoms with Gasteiger partial charge in [-0.25, -0.2) is 4.98 Å². The third kappa shape index (κ3) is 2.65. The lowest BCUT2D eigenvalue weighted by Crippen LogP contribution is -2.56. The van der Waals surface area contributed by atoms with Gasteiger partial charge in [-0.2, -0.15) is 0 Å². The minimum absolute atomic E-state index is 0.241. The Balaban J connectivity index is 1.65. The van der Waals surface area contributed by atoms with Crippen molar-refractivity contribution in [2.24, 2.45) is 10.4 Å². The fraction of sp³-hybridized carbons (Fsp3) is 0.368. The van der Waals surface area contributed by atoms with Crippen LogP contribution in [-0.2, 0) is 6.54 Å². The summed E-state index contributed by atoms with van der Waals surface area (Å²) in [6.45, 7) is 5.53. The van der Waals surface area contributed by atoms with E-state index in [0.29, 0.717) is 13.2 Å². The van der Waals surface area contributed by atoms with E-state index in [0.717, 1.165) is 47.8 Å². The summed E-state index contributed by atoms with van der Waals surface area (Å²) in [5.41, 5.74) is 4.00. The number of aliphatic imine (C=N–C) groups is 1. The van der Waals surface area contributed by atoms with Crippen molar-refractivity contribution in [3.8, 4) is 22.8 Å². The number of ether oxygens (including phenoxy) is 1. The molecule has 2 N–H and O–H groups in total. The van der Waals surface area contributed by atoms with Crippen molar-refractivity contribution in [3.63, 3.8) is 0 Å². The minimum atomic E-state index is 0.241. The van der Waals surface area contributed by atoms with Crippen LogP contribution in [0, 0.1) is 5.41 Å². The molecule has 0 amide bonds. The number of phenols is 1. The standard InChI is InChI=1S/C19H21N3O2/c1-2-19(10-21-11-19)12-24-18-7-16(13-3-5-14(23)6-4-13)22-17-9-20-8-15(17)18/h3-8,21,23H,2,9-12H2,1H3. The maximum absolute atomic E-state index is 9.48. The molecule has 4 rings (SSSR count). The Morgan fingerprint density at radius 1 is 1.25 bits per heavy atom. The summed E-state index contributed by atoms with van der Waals surface area (Å²) in [5.74, 6) is 1.10. The zero-order valence-electron chi connectivity index (χ0n) is 13.7. The summed E-state index contributed by atoms with van der Waals surface area (Å²) in [4.78, 5) is 9.05. The van der Waals surface area contributed by atoms with Crippen molar-refractivity contribution in [2.45, 2.75) is 19.9 Å². The number of pyridine rings is 1. The zero-order chi connectivity index (χ0) is 16.6. The fourth-order valence-corrected chi connectivity index (χ4v) is 3.13. The molecule has 24 heavy (non-hydrogen) atoms. The molecule has 5 nitrogen and oxygen atoms in total. The number of aromatic hydroxyl groups is 1. The smallest absolute Gasteiger partial charge is 0.132 e. The predicted molar refractivity (Wildman–Crippen MR) is 93.7 cm³/mol. The first-order chi connectivity index (χ1) is 11.7. The van der Waals surface area contributed by atoms with Gasteiger partial charge in [0, 0.05) is 36.3 Å². The van der Waals surface area contributed by atoms with Gasteiger partial charge in [0.1, 0.15) is 11.5 Å². The van der Waals surface area contributed by atoms with Crippen molar-refractivity contribution in [2.75, 3.05) is 19.7 Å². The Morgan fingerprint density at radius 2 is 2.04 bits per heavy atom. The molecule has 0 bridgehead atoms. The average Bonchev–Trinajstić information content (AvgIpc) is 3.03. The number of nitrogens with one attached hydrogen (secondary N) is 1. The highest BCUT2D eigenvalue weighted by molar-refractivity contribution is 5.88. The van der Waals surface area contributed by atoms with Gasteiger partial charge >= 0.3 is 0 Å². The van der Waals surface area contributed by atoms with E-state index in [9.17, 15) is 5.11 Å². The number of phenolic OH excluding ortho intramolecular Hbond substituents is 1. The molecule has 0 spiro atoms. The van der Waals surface area contributed by atoms with Crippen molar-refractivity contribution < 1.29 is 9.84 Å². The minimum Gasteiger partial charge on any atom is -0.508 e. The molecule has 1 aromatic carbocycles. The van der Waals surface area contributed by atoms with E-state index in [1.54, 1.807) is 12.1 Å². The highest BCUT2D eigenvalue weighted by Crippen LogP contribution is 2.33. The molecule has 1 fully saturated rings. The second kappa shape index (κ2) is 5.91. The third-order valence-electron chi connectivity index (χ3n) is 5.01. The Morgan fingerprint density at radius 3 is 2.71 bits per heavy atom. The summed E-state index contributed by atoms with van der Waals surface area (Å²) in [7, 11) is 0. The molecule has 3 heterocycles. The lowest BCUT2D eigenvalue weighted by atomic mass is 9.80. The molecular weight excluding hydrogens is 302 g/mol. The Labute approximate surface area is 141 Å². The summed E-state index contributed by atoms with van der Waals surface area (Å²) in [5, 5.41) is 12.8. The molecule has 0 saturated carbocycles. The molecule has 2 aliphatic rings. The largest absolute Gasteiger partial charge is 0.508 e. The normalized spacial score (nSPS) is 17.4. The topological polar surface area (TPSA) is 66.7 Å². The molecule has 2 aromatic rings. The van der Waals surface area contributed by atoms with E-state index in [1.165, 1.54) is 0 Å². The van der Waals surface area contributed by atoms with E-state index in [-0.39, 0.29) is 11.2 Å². The maximum Gasteiger partial charge on any atom is 0.132 e. The number of rotatable bonds is 5. The third-order valence-corrected chi connectivity index (χ3v) is 5.01. The van der Waals surface area contributed by atoms with Crippen LogP contribution in [0.25, 0.3) is 11.3 Å². The molecular formula is C19H21N3O2. The lowest BCUT2D eigenvalue weighted by Gasteiger charge is -2.41. The number of hydrogen-bond donors (Lipinski definition) is 2. The molecule has 2 aliphatic heterocycles. The molecule has 0 atom stereocenters. The van der Waals surface area contributed by atoms with Crippen LogP contribution in [0.2, 0.25) is 0 Å². The van der Waals surface area contributed by atoms with Crippen LogP contribution >= 0.6 is 0 Å². The molecule has 1 aromatic heterocycles. The summed E-state index contributed by atoms with van der Waals surface area (Å²) >= 11 is 0. The monoisotopic (exact) mass is 323 g/mol. The molecule has 124 valence electrons. The second-order valence-electron chi connectivity index (χ2n) is 6.63. The van der Waals surface area contributed by atoms with Gasteiger partial charge in [0.2, 0.25) is 0 Å². The van der Waals surface area contributed by atoms with Gasteiger partial charge in [0.15, 0.2) is 0 Å². The fourth-order valence-electron chi connectivity index (χ4n) is 3.13. The first-order valence-corrected chi connectivity index (χ1v) is 8.36. The summed E-state index contributed by atoms with van der Waals surface area (Å²) < 4.78 is 6.21. The van der Waals surface area contributed by atoms with Crippen molar-refractivity contribution in [3.05, 3.63) is 41.6 Å². The second-order valence-corrected chi connectivity index (χ2v) is 6.63. The Hall–Kier alpha value is -2.40. The maximum atomic E-state index is 9.48. The molecule has 0 unspecified atom stereocenters. The molecule has 1 saturated heterocycles. The van der Waals surface area contributed by atoms with E-state index >= 15 is 0 Å². The van der Waals surface area contributed by atoms with E-state index in [1.807, 2.05) is 24.4 Å². The number of hydrogen-bond acceptors (Lipinski definition) is 5. The molecule has 0 aliphatic carbocycles. The SMILES string of the molecule is CCC1(COc2cc(-c3ccc(O)cc3)nc3c2C=NC3)CNC1. The molecule has 5 heteroatoms. The van der Waals surface area contributed by atoms with Gasteiger partial charge in [0.25, 0.3) is 0 Å². The molecule has 0 radical (unpaired) electrons. The van der Waals surface area contributed by atoms with E-state index in [2.05, 4.69) is 17.2 Å². The van der Waals surface area contributed by atoms with Crippen molar-refractivity contribution >= 4 is 6.21 Å². The van der Waals surface area contributed by atoms with Gasteiger partial charge in [-0.05, 0) is 30.7 Å². The van der Waals surface area contributed by atoms with Crippen LogP contribution in [0.4, 0.5) is 0 Å². The summed E-state index contributed by atoms with van der Waals surface area (Å²) in [6.07, 6.45) is 2.96. The number of fused-ring (bicyclic) bond motifs is 1. The van der Waals surface area contributed by atoms with Crippen LogP contribution in [-0.4, -0.2) is 36.0 Å². The van der Waals surface area contributed by atoms with Crippen LogP contribution in [0.15, 0.2) is 35.3 Å². The van der Waals surface area contributed by atoms with Crippen LogP contribution in [0.3, 0.4) is 0 Å². The van der Waals surface area contributed by atoms with Crippen LogP contribution < -0.4 is 10.1 Å².